The van der Waals surface area contributed by atoms with Gasteiger partial charge in [0, 0.05) is 27.2 Å². The summed E-state index contributed by atoms with van der Waals surface area (Å²) >= 11 is 3.42. The molecule has 1 aliphatic heterocycles. The fourth-order valence-corrected chi connectivity index (χ4v) is 5.39. The number of hydrogen-bond donors (Lipinski definition) is 0. The maximum Gasteiger partial charge on any atom is 0.229 e. The average Bonchev–Trinajstić information content (AvgIpc) is 3.34. The summed E-state index contributed by atoms with van der Waals surface area (Å²) in [5.41, 5.74) is 3.23. The van der Waals surface area contributed by atoms with Crippen LogP contribution in [0.15, 0.2) is 41.8 Å². The van der Waals surface area contributed by atoms with E-state index in [0.717, 1.165) is 35.7 Å². The van der Waals surface area contributed by atoms with Crippen molar-refractivity contribution in [1.82, 2.24) is 9.88 Å². The van der Waals surface area contributed by atoms with Gasteiger partial charge in [0.2, 0.25) is 5.91 Å². The summed E-state index contributed by atoms with van der Waals surface area (Å²) in [4.78, 5) is 22.3. The van der Waals surface area contributed by atoms with Crippen LogP contribution < -0.4 is 0 Å². The Hall–Kier alpha value is -1.98. The molecule has 1 atom stereocenters. The number of aryl methyl sites for hydroxylation is 2. The smallest absolute Gasteiger partial charge is 0.229 e. The number of thiazole rings is 1. The summed E-state index contributed by atoms with van der Waals surface area (Å²) in [5.74, 6) is 0.194. The van der Waals surface area contributed by atoms with Gasteiger partial charge in [-0.1, -0.05) is 23.8 Å². The molecule has 1 unspecified atom stereocenters. The molecule has 1 fully saturated rings. The number of likely N-dealkylation sites (tertiary alicyclic amines) is 1. The summed E-state index contributed by atoms with van der Waals surface area (Å²) in [6.45, 7) is 5.06. The second-order valence-corrected chi connectivity index (χ2v) is 9.06. The molecular formula is C21H22N2OS2. The summed E-state index contributed by atoms with van der Waals surface area (Å²) < 4.78 is 0. The van der Waals surface area contributed by atoms with Gasteiger partial charge in [-0.2, -0.15) is 0 Å². The van der Waals surface area contributed by atoms with E-state index in [1.807, 2.05) is 16.7 Å². The van der Waals surface area contributed by atoms with E-state index in [1.165, 1.54) is 15.3 Å². The molecule has 26 heavy (non-hydrogen) atoms. The molecule has 3 heterocycles. The number of carbonyl (C=O) groups is 1. The normalized spacial score (nSPS) is 17.0. The van der Waals surface area contributed by atoms with Crippen LogP contribution in [0.2, 0.25) is 0 Å². The quantitative estimate of drug-likeness (QED) is 0.606. The van der Waals surface area contributed by atoms with Gasteiger partial charge in [-0.15, -0.1) is 22.7 Å². The molecule has 1 saturated heterocycles. The number of thiophene rings is 1. The van der Waals surface area contributed by atoms with Crippen LogP contribution in [-0.4, -0.2) is 22.3 Å². The molecule has 0 aliphatic carbocycles. The van der Waals surface area contributed by atoms with Gasteiger partial charge in [0.05, 0.1) is 18.2 Å². The summed E-state index contributed by atoms with van der Waals surface area (Å²) in [7, 11) is 0. The Morgan fingerprint density at radius 2 is 2.15 bits per heavy atom. The van der Waals surface area contributed by atoms with E-state index in [1.54, 1.807) is 11.3 Å². The molecule has 0 saturated carbocycles. The van der Waals surface area contributed by atoms with E-state index < -0.39 is 0 Å². The van der Waals surface area contributed by atoms with Crippen molar-refractivity contribution >= 4 is 28.6 Å². The molecule has 0 N–H and O–H groups in total. The Balaban J connectivity index is 1.48. The molecule has 5 heteroatoms. The first-order valence-corrected chi connectivity index (χ1v) is 10.7. The number of rotatable bonds is 4. The number of hydrogen-bond acceptors (Lipinski definition) is 4. The molecule has 134 valence electrons. The van der Waals surface area contributed by atoms with Gasteiger partial charge in [0.1, 0.15) is 5.01 Å². The number of benzene rings is 1. The Kier molecular flexibility index (Phi) is 4.92. The van der Waals surface area contributed by atoms with Crippen molar-refractivity contribution in [3.8, 4) is 10.6 Å². The van der Waals surface area contributed by atoms with Crippen LogP contribution in [0.25, 0.3) is 10.6 Å². The zero-order valence-electron chi connectivity index (χ0n) is 15.1. The molecular weight excluding hydrogens is 360 g/mol. The first-order chi connectivity index (χ1) is 12.6. The maximum absolute atomic E-state index is 12.9. The first-order valence-electron chi connectivity index (χ1n) is 8.97. The van der Waals surface area contributed by atoms with Crippen molar-refractivity contribution in [3.05, 3.63) is 62.8 Å². The van der Waals surface area contributed by atoms with Crippen LogP contribution in [0.3, 0.4) is 0 Å². The molecule has 0 radical (unpaired) electrons. The maximum atomic E-state index is 12.9. The Morgan fingerprint density at radius 1 is 1.27 bits per heavy atom. The summed E-state index contributed by atoms with van der Waals surface area (Å²) in [6, 6.07) is 12.9. The van der Waals surface area contributed by atoms with Gasteiger partial charge in [0.15, 0.2) is 0 Å². The number of aromatic nitrogens is 1. The lowest BCUT2D eigenvalue weighted by Crippen LogP contribution is -2.31. The Morgan fingerprint density at radius 3 is 2.92 bits per heavy atom. The average molecular weight is 383 g/mol. The monoisotopic (exact) mass is 382 g/mol. The lowest BCUT2D eigenvalue weighted by atomic mass is 10.1. The van der Waals surface area contributed by atoms with Crippen molar-refractivity contribution < 1.29 is 4.79 Å². The predicted octanol–water partition coefficient (Wildman–Crippen LogP) is 5.39. The van der Waals surface area contributed by atoms with E-state index in [9.17, 15) is 4.79 Å². The zero-order valence-corrected chi connectivity index (χ0v) is 16.7. The van der Waals surface area contributed by atoms with Gasteiger partial charge >= 0.3 is 0 Å². The standard InChI is InChI=1S/C21H22N2OS2/c1-14-5-3-6-16(11-14)21-22-17(13-25-21)12-20(24)23-10-4-7-18(23)19-9-8-15(2)26-19/h3,5-6,8-9,11,13,18H,4,7,10,12H2,1-2H3. The van der Waals surface area contributed by atoms with Crippen LogP contribution >= 0.6 is 22.7 Å². The van der Waals surface area contributed by atoms with E-state index in [-0.39, 0.29) is 11.9 Å². The third kappa shape index (κ3) is 3.60. The van der Waals surface area contributed by atoms with Gasteiger partial charge in [-0.3, -0.25) is 4.79 Å². The fraction of sp³-hybridized carbons (Fsp3) is 0.333. The second kappa shape index (κ2) is 7.33. The molecule has 1 aromatic carbocycles. The van der Waals surface area contributed by atoms with Crippen LogP contribution in [0.5, 0.6) is 0 Å². The van der Waals surface area contributed by atoms with Crippen molar-refractivity contribution in [2.45, 2.75) is 39.2 Å². The molecule has 1 amide bonds. The van der Waals surface area contributed by atoms with Crippen LogP contribution in [-0.2, 0) is 11.2 Å². The zero-order chi connectivity index (χ0) is 18.1. The molecule has 0 spiro atoms. The highest BCUT2D eigenvalue weighted by Crippen LogP contribution is 2.36. The highest BCUT2D eigenvalue weighted by atomic mass is 32.1. The minimum atomic E-state index is 0.194. The Bertz CT molecular complexity index is 928. The summed E-state index contributed by atoms with van der Waals surface area (Å²) in [6.07, 6.45) is 2.54. The van der Waals surface area contributed by atoms with E-state index in [4.69, 9.17) is 4.98 Å². The molecule has 1 aliphatic rings. The lowest BCUT2D eigenvalue weighted by molar-refractivity contribution is -0.131. The molecule has 3 nitrogen and oxygen atoms in total. The predicted molar refractivity (Wildman–Crippen MR) is 109 cm³/mol. The highest BCUT2D eigenvalue weighted by molar-refractivity contribution is 7.13. The van der Waals surface area contributed by atoms with Crippen molar-refractivity contribution in [3.63, 3.8) is 0 Å². The minimum absolute atomic E-state index is 0.194. The molecule has 2 aromatic heterocycles. The fourth-order valence-electron chi connectivity index (χ4n) is 3.55. The molecule has 0 bridgehead atoms. The highest BCUT2D eigenvalue weighted by Gasteiger charge is 2.31. The van der Waals surface area contributed by atoms with Gasteiger partial charge in [0.25, 0.3) is 0 Å². The molecule has 3 aromatic rings. The topological polar surface area (TPSA) is 33.2 Å². The van der Waals surface area contributed by atoms with Crippen molar-refractivity contribution in [2.24, 2.45) is 0 Å². The number of nitrogens with zero attached hydrogens (tertiary/aromatic N) is 2. The third-order valence-corrected chi connectivity index (χ3v) is 6.85. The lowest BCUT2D eigenvalue weighted by Gasteiger charge is -2.23. The number of amides is 1. The van der Waals surface area contributed by atoms with E-state index in [0.29, 0.717) is 6.42 Å². The SMILES string of the molecule is Cc1cccc(-c2nc(CC(=O)N3CCCC3c3ccc(C)s3)cs2)c1. The van der Waals surface area contributed by atoms with Gasteiger partial charge < -0.3 is 4.90 Å². The van der Waals surface area contributed by atoms with E-state index >= 15 is 0 Å². The van der Waals surface area contributed by atoms with E-state index in [2.05, 4.69) is 55.1 Å². The van der Waals surface area contributed by atoms with Gasteiger partial charge in [-0.05, 0) is 44.9 Å². The second-order valence-electron chi connectivity index (χ2n) is 6.88. The Labute approximate surface area is 162 Å². The van der Waals surface area contributed by atoms with Crippen LogP contribution in [0.4, 0.5) is 0 Å². The van der Waals surface area contributed by atoms with Crippen LogP contribution in [0, 0.1) is 13.8 Å². The third-order valence-electron chi connectivity index (χ3n) is 4.81. The van der Waals surface area contributed by atoms with Gasteiger partial charge in [-0.25, -0.2) is 4.98 Å². The minimum Gasteiger partial charge on any atom is -0.335 e. The van der Waals surface area contributed by atoms with Crippen LogP contribution in [0.1, 0.15) is 39.9 Å². The summed E-state index contributed by atoms with van der Waals surface area (Å²) in [5, 5.41) is 3.01. The van der Waals surface area contributed by atoms with Crippen molar-refractivity contribution in [2.75, 3.05) is 6.54 Å². The van der Waals surface area contributed by atoms with Crippen molar-refractivity contribution in [1.29, 1.82) is 0 Å². The molecule has 4 rings (SSSR count). The number of carbonyl (C=O) groups excluding carboxylic acids is 1. The first kappa shape index (κ1) is 17.4. The largest absolute Gasteiger partial charge is 0.335 e.